The first-order valence-corrected chi connectivity index (χ1v) is 7.56. The second kappa shape index (κ2) is 6.90. The van der Waals surface area contributed by atoms with Gasteiger partial charge in [-0.2, -0.15) is 0 Å². The molecule has 0 amide bonds. The monoisotopic (exact) mass is 300 g/mol. The molecule has 0 N–H and O–H groups in total. The number of allylic oxidation sites excluding steroid dienone is 2. The number of rotatable bonds is 7. The van der Waals surface area contributed by atoms with Gasteiger partial charge in [-0.05, 0) is 42.7 Å². The van der Waals surface area contributed by atoms with Gasteiger partial charge in [0, 0.05) is 12.7 Å². The van der Waals surface area contributed by atoms with Gasteiger partial charge in [0.15, 0.2) is 5.78 Å². The first kappa shape index (κ1) is 15.0. The topological polar surface area (TPSA) is 48.1 Å². The highest BCUT2D eigenvalue weighted by Crippen LogP contribution is 2.21. The lowest BCUT2D eigenvalue weighted by Gasteiger charge is -2.17. The standard InChI is InChI=1S/C18H20O4/c1-20-18(14-5-3-2-4-6-14)17(19)13-7-9-15(10-8-13)21-11-16-12-22-16/h3,5-10,16,18H,2,4,11-12H2,1H3. The van der Waals surface area contributed by atoms with Crippen molar-refractivity contribution >= 4 is 5.78 Å². The van der Waals surface area contributed by atoms with Gasteiger partial charge in [-0.15, -0.1) is 0 Å². The number of benzene rings is 1. The molecular weight excluding hydrogens is 280 g/mol. The first-order chi connectivity index (χ1) is 10.8. The van der Waals surface area contributed by atoms with E-state index in [0.29, 0.717) is 12.2 Å². The Morgan fingerprint density at radius 3 is 2.68 bits per heavy atom. The van der Waals surface area contributed by atoms with Gasteiger partial charge in [0.2, 0.25) is 0 Å². The molecule has 2 aliphatic rings. The molecule has 1 fully saturated rings. The second-order valence-electron chi connectivity index (χ2n) is 5.45. The van der Waals surface area contributed by atoms with Crippen LogP contribution < -0.4 is 4.74 Å². The van der Waals surface area contributed by atoms with Gasteiger partial charge >= 0.3 is 0 Å². The number of Topliss-reactive ketones (excluding diaryl/α,β-unsaturated/α-hetero) is 1. The third-order valence-corrected chi connectivity index (χ3v) is 3.78. The van der Waals surface area contributed by atoms with Gasteiger partial charge in [0.05, 0.1) is 6.61 Å². The van der Waals surface area contributed by atoms with Crippen molar-refractivity contribution in [2.75, 3.05) is 20.3 Å². The zero-order valence-corrected chi connectivity index (χ0v) is 12.7. The maximum Gasteiger partial charge on any atom is 0.196 e. The Balaban J connectivity index is 1.67. The Bertz CT molecular complexity index is 582. The summed E-state index contributed by atoms with van der Waals surface area (Å²) in [4.78, 5) is 12.6. The van der Waals surface area contributed by atoms with E-state index in [0.717, 1.165) is 30.8 Å². The SMILES string of the molecule is COC(C(=O)c1ccc(OCC2CO2)cc1)C1=CCCC=C1. The van der Waals surface area contributed by atoms with Crippen LogP contribution in [0.1, 0.15) is 23.2 Å². The molecule has 3 rings (SSSR count). The van der Waals surface area contributed by atoms with Gasteiger partial charge < -0.3 is 14.2 Å². The minimum Gasteiger partial charge on any atom is -0.491 e. The van der Waals surface area contributed by atoms with E-state index in [-0.39, 0.29) is 11.9 Å². The van der Waals surface area contributed by atoms with Crippen molar-refractivity contribution in [1.82, 2.24) is 0 Å². The predicted molar refractivity (Wildman–Crippen MR) is 83.3 cm³/mol. The molecule has 1 saturated heterocycles. The minimum atomic E-state index is -0.539. The second-order valence-corrected chi connectivity index (χ2v) is 5.45. The third kappa shape index (κ3) is 3.64. The normalized spacial score (nSPS) is 21.1. The van der Waals surface area contributed by atoms with Crippen molar-refractivity contribution in [3.8, 4) is 5.75 Å². The zero-order chi connectivity index (χ0) is 15.4. The molecule has 2 atom stereocenters. The minimum absolute atomic E-state index is 0.0302. The Kier molecular flexibility index (Phi) is 4.71. The van der Waals surface area contributed by atoms with E-state index >= 15 is 0 Å². The lowest BCUT2D eigenvalue weighted by atomic mass is 9.95. The smallest absolute Gasteiger partial charge is 0.196 e. The fraction of sp³-hybridized carbons (Fsp3) is 0.389. The average molecular weight is 300 g/mol. The van der Waals surface area contributed by atoms with Gasteiger partial charge in [-0.1, -0.05) is 18.2 Å². The highest BCUT2D eigenvalue weighted by Gasteiger charge is 2.24. The molecule has 2 unspecified atom stereocenters. The van der Waals surface area contributed by atoms with Crippen molar-refractivity contribution < 1.29 is 19.0 Å². The van der Waals surface area contributed by atoms with E-state index in [1.165, 1.54) is 0 Å². The molecular formula is C18H20O4. The molecule has 0 bridgehead atoms. The fourth-order valence-corrected chi connectivity index (χ4v) is 2.44. The number of epoxide rings is 1. The fourth-order valence-electron chi connectivity index (χ4n) is 2.44. The van der Waals surface area contributed by atoms with Crippen molar-refractivity contribution in [1.29, 1.82) is 0 Å². The summed E-state index contributed by atoms with van der Waals surface area (Å²) in [5, 5.41) is 0. The van der Waals surface area contributed by atoms with Gasteiger partial charge in [-0.3, -0.25) is 4.79 Å². The zero-order valence-electron chi connectivity index (χ0n) is 12.7. The summed E-state index contributed by atoms with van der Waals surface area (Å²) < 4.78 is 16.1. The van der Waals surface area contributed by atoms with Crippen LogP contribution in [0.3, 0.4) is 0 Å². The van der Waals surface area contributed by atoms with Crippen LogP contribution in [0.25, 0.3) is 0 Å². The van der Waals surface area contributed by atoms with E-state index < -0.39 is 6.10 Å². The van der Waals surface area contributed by atoms with Crippen molar-refractivity contribution in [3.05, 3.63) is 53.6 Å². The number of carbonyl (C=O) groups excluding carboxylic acids is 1. The molecule has 1 heterocycles. The largest absolute Gasteiger partial charge is 0.491 e. The molecule has 0 radical (unpaired) electrons. The number of ether oxygens (including phenoxy) is 3. The van der Waals surface area contributed by atoms with Crippen molar-refractivity contribution in [2.24, 2.45) is 0 Å². The van der Waals surface area contributed by atoms with Crippen molar-refractivity contribution in [3.63, 3.8) is 0 Å². The summed E-state index contributed by atoms with van der Waals surface area (Å²) in [5.74, 6) is 0.718. The summed E-state index contributed by atoms with van der Waals surface area (Å²) in [6.45, 7) is 1.33. The molecule has 4 heteroatoms. The lowest BCUT2D eigenvalue weighted by molar-refractivity contribution is 0.0701. The Morgan fingerprint density at radius 1 is 1.32 bits per heavy atom. The first-order valence-electron chi connectivity index (χ1n) is 7.56. The lowest BCUT2D eigenvalue weighted by Crippen LogP contribution is -2.25. The molecule has 1 aromatic rings. The third-order valence-electron chi connectivity index (χ3n) is 3.78. The van der Waals surface area contributed by atoms with Gasteiger partial charge in [0.1, 0.15) is 24.6 Å². The summed E-state index contributed by atoms with van der Waals surface area (Å²) in [6, 6.07) is 7.19. The maximum atomic E-state index is 12.6. The highest BCUT2D eigenvalue weighted by molar-refractivity contribution is 6.01. The highest BCUT2D eigenvalue weighted by atomic mass is 16.6. The van der Waals surface area contributed by atoms with Gasteiger partial charge in [-0.25, -0.2) is 0 Å². The van der Waals surface area contributed by atoms with E-state index in [4.69, 9.17) is 14.2 Å². The number of hydrogen-bond acceptors (Lipinski definition) is 4. The van der Waals surface area contributed by atoms with E-state index in [1.807, 2.05) is 18.2 Å². The maximum absolute atomic E-state index is 12.6. The number of ketones is 1. The molecule has 1 aliphatic carbocycles. The van der Waals surface area contributed by atoms with Crippen LogP contribution in [0, 0.1) is 0 Å². The summed E-state index contributed by atoms with van der Waals surface area (Å²) in [7, 11) is 1.57. The van der Waals surface area contributed by atoms with Crippen LogP contribution in [0.4, 0.5) is 0 Å². The van der Waals surface area contributed by atoms with Crippen LogP contribution in [0.2, 0.25) is 0 Å². The molecule has 4 nitrogen and oxygen atoms in total. The Hall–Kier alpha value is -1.91. The van der Waals surface area contributed by atoms with Crippen LogP contribution in [0.15, 0.2) is 48.1 Å². The Morgan fingerprint density at radius 2 is 2.09 bits per heavy atom. The van der Waals surface area contributed by atoms with Crippen LogP contribution >= 0.6 is 0 Å². The molecule has 0 aromatic heterocycles. The predicted octanol–water partition coefficient (Wildman–Crippen LogP) is 2.94. The van der Waals surface area contributed by atoms with E-state index in [9.17, 15) is 4.79 Å². The van der Waals surface area contributed by atoms with Crippen LogP contribution in [0.5, 0.6) is 5.75 Å². The molecule has 0 saturated carbocycles. The molecule has 1 aromatic carbocycles. The summed E-state index contributed by atoms with van der Waals surface area (Å²) in [6.07, 6.45) is 7.78. The van der Waals surface area contributed by atoms with Crippen LogP contribution in [-0.2, 0) is 9.47 Å². The molecule has 116 valence electrons. The molecule has 1 aliphatic heterocycles. The van der Waals surface area contributed by atoms with E-state index in [2.05, 4.69) is 12.2 Å². The summed E-state index contributed by atoms with van der Waals surface area (Å²) in [5.41, 5.74) is 1.56. The number of hydrogen-bond donors (Lipinski definition) is 0. The quantitative estimate of drug-likeness (QED) is 0.574. The number of methoxy groups -OCH3 is 1. The van der Waals surface area contributed by atoms with E-state index in [1.54, 1.807) is 19.2 Å². The van der Waals surface area contributed by atoms with Crippen LogP contribution in [-0.4, -0.2) is 38.3 Å². The molecule has 0 spiro atoms. The van der Waals surface area contributed by atoms with Crippen molar-refractivity contribution in [2.45, 2.75) is 25.0 Å². The average Bonchev–Trinajstić information content (AvgIpc) is 3.39. The Labute approximate surface area is 130 Å². The van der Waals surface area contributed by atoms with Gasteiger partial charge in [0.25, 0.3) is 0 Å². The molecule has 22 heavy (non-hydrogen) atoms. The summed E-state index contributed by atoms with van der Waals surface area (Å²) >= 11 is 0. The number of carbonyl (C=O) groups is 1.